The third kappa shape index (κ3) is 4.01. The molecule has 10 heteroatoms. The summed E-state index contributed by atoms with van der Waals surface area (Å²) in [6.45, 7) is 5.63. The van der Waals surface area contributed by atoms with E-state index in [2.05, 4.69) is 19.9 Å². The minimum Gasteiger partial charge on any atom is -0.461 e. The Balaban J connectivity index is 1.34. The molecule has 0 bridgehead atoms. The van der Waals surface area contributed by atoms with Crippen molar-refractivity contribution in [1.82, 2.24) is 24.8 Å². The lowest BCUT2D eigenvalue weighted by molar-refractivity contribution is 0.0447. The number of piperidine rings is 1. The lowest BCUT2D eigenvalue weighted by Gasteiger charge is -2.38. The molecular formula is C28H31FN6O2S. The van der Waals surface area contributed by atoms with Crippen LogP contribution < -0.4 is 9.64 Å². The second-order valence-corrected chi connectivity index (χ2v) is 12.1. The molecule has 1 unspecified atom stereocenters. The van der Waals surface area contributed by atoms with Crippen molar-refractivity contribution in [2.75, 3.05) is 37.7 Å². The Morgan fingerprint density at radius 1 is 1.05 bits per heavy atom. The molecule has 3 aromatic heterocycles. The van der Waals surface area contributed by atoms with Gasteiger partial charge in [-0.05, 0) is 64.6 Å². The Bertz CT molecular complexity index is 1510. The monoisotopic (exact) mass is 534 g/mol. The predicted octanol–water partition coefficient (Wildman–Crippen LogP) is 4.80. The van der Waals surface area contributed by atoms with Crippen molar-refractivity contribution in [3.63, 3.8) is 0 Å². The average molecular weight is 535 g/mol. The number of pyridine rings is 1. The summed E-state index contributed by atoms with van der Waals surface area (Å²) in [6, 6.07) is 5.88. The maximum atomic E-state index is 16.3. The standard InChI is InChI=1S/C28H31FN6O2S/c1-27(36)8-3-11-34(15-27)25-19-14-30-23(18-6-2-7-20-22(18)31-17-38-20)21(29)24(19)32-26(33-25)37-16-28-9-4-12-35(28)13-5-10-28/h2,6-7,14,17,36H,3-5,8-13,15-16H2,1H3. The number of aliphatic hydroxyl groups is 1. The Morgan fingerprint density at radius 2 is 1.87 bits per heavy atom. The molecule has 38 heavy (non-hydrogen) atoms. The number of anilines is 1. The first-order valence-electron chi connectivity index (χ1n) is 13.5. The van der Waals surface area contributed by atoms with Gasteiger partial charge in [0.15, 0.2) is 5.82 Å². The number of nitrogens with zero attached hydrogens (tertiary/aromatic N) is 6. The summed E-state index contributed by atoms with van der Waals surface area (Å²) in [5.74, 6) is 0.0452. The fourth-order valence-corrected chi connectivity index (χ4v) is 7.36. The van der Waals surface area contributed by atoms with Gasteiger partial charge in [0.2, 0.25) is 0 Å². The molecule has 3 aliphatic heterocycles. The van der Waals surface area contributed by atoms with E-state index in [4.69, 9.17) is 9.72 Å². The molecule has 0 saturated carbocycles. The van der Waals surface area contributed by atoms with E-state index in [-0.39, 0.29) is 22.8 Å². The van der Waals surface area contributed by atoms with E-state index in [0.29, 0.717) is 42.9 Å². The molecule has 0 amide bonds. The molecule has 6 heterocycles. The van der Waals surface area contributed by atoms with Crippen LogP contribution >= 0.6 is 11.3 Å². The number of rotatable bonds is 5. The molecule has 3 saturated heterocycles. The van der Waals surface area contributed by atoms with Gasteiger partial charge in [-0.3, -0.25) is 9.88 Å². The Hall–Kier alpha value is -2.95. The number of fused-ring (bicyclic) bond motifs is 3. The third-order valence-electron chi connectivity index (χ3n) is 8.51. The van der Waals surface area contributed by atoms with Crippen molar-refractivity contribution in [1.29, 1.82) is 0 Å². The number of hydrogen-bond donors (Lipinski definition) is 1. The van der Waals surface area contributed by atoms with E-state index in [1.54, 1.807) is 11.7 Å². The van der Waals surface area contributed by atoms with E-state index in [0.717, 1.165) is 42.6 Å². The number of aromatic nitrogens is 4. The number of thiazole rings is 1. The third-order valence-corrected chi connectivity index (χ3v) is 9.31. The molecule has 0 aliphatic carbocycles. The number of β-amino-alcohol motifs (C(OH)–C–C–N with tert-alkyl or cyclic N) is 1. The fraction of sp³-hybridized carbons (Fsp3) is 0.500. The van der Waals surface area contributed by atoms with E-state index >= 15 is 4.39 Å². The van der Waals surface area contributed by atoms with Crippen LogP contribution in [-0.2, 0) is 0 Å². The Labute approximate surface area is 224 Å². The molecule has 0 spiro atoms. The van der Waals surface area contributed by atoms with Gasteiger partial charge in [0.05, 0.1) is 32.3 Å². The smallest absolute Gasteiger partial charge is 0.319 e. The molecule has 198 valence electrons. The zero-order valence-electron chi connectivity index (χ0n) is 21.5. The summed E-state index contributed by atoms with van der Waals surface area (Å²) in [5.41, 5.74) is 2.69. The van der Waals surface area contributed by atoms with Gasteiger partial charge < -0.3 is 14.7 Å². The van der Waals surface area contributed by atoms with Crippen molar-refractivity contribution in [3.05, 3.63) is 35.7 Å². The summed E-state index contributed by atoms with van der Waals surface area (Å²) in [7, 11) is 0. The van der Waals surface area contributed by atoms with Crippen LogP contribution in [0.1, 0.15) is 45.4 Å². The zero-order chi connectivity index (χ0) is 25.9. The van der Waals surface area contributed by atoms with Crippen molar-refractivity contribution < 1.29 is 14.2 Å². The number of benzene rings is 1. The molecule has 1 aromatic carbocycles. The lowest BCUT2D eigenvalue weighted by Crippen LogP contribution is -2.46. The molecule has 8 nitrogen and oxygen atoms in total. The van der Waals surface area contributed by atoms with Crippen molar-refractivity contribution >= 4 is 38.3 Å². The van der Waals surface area contributed by atoms with Gasteiger partial charge in [-0.15, -0.1) is 11.3 Å². The molecule has 3 aliphatic rings. The number of para-hydroxylation sites is 1. The first-order valence-corrected chi connectivity index (χ1v) is 14.3. The van der Waals surface area contributed by atoms with Crippen LogP contribution in [0.4, 0.5) is 10.2 Å². The van der Waals surface area contributed by atoms with Gasteiger partial charge in [0.25, 0.3) is 0 Å². The minimum absolute atomic E-state index is 0.0233. The van der Waals surface area contributed by atoms with Crippen LogP contribution in [0.3, 0.4) is 0 Å². The molecular weight excluding hydrogens is 503 g/mol. The van der Waals surface area contributed by atoms with Gasteiger partial charge in [-0.1, -0.05) is 12.1 Å². The summed E-state index contributed by atoms with van der Waals surface area (Å²) < 4.78 is 23.6. The molecule has 4 aromatic rings. The van der Waals surface area contributed by atoms with E-state index < -0.39 is 11.4 Å². The zero-order valence-corrected chi connectivity index (χ0v) is 22.3. The first kappa shape index (κ1) is 24.1. The lowest BCUT2D eigenvalue weighted by atomic mass is 9.95. The molecule has 0 radical (unpaired) electrons. The van der Waals surface area contributed by atoms with Crippen molar-refractivity contribution in [2.45, 2.75) is 56.6 Å². The topological polar surface area (TPSA) is 87.5 Å². The van der Waals surface area contributed by atoms with Crippen LogP contribution in [-0.4, -0.2) is 73.9 Å². The van der Waals surface area contributed by atoms with Gasteiger partial charge in [-0.2, -0.15) is 9.97 Å². The highest BCUT2D eigenvalue weighted by molar-refractivity contribution is 7.16. The minimum atomic E-state index is -0.851. The molecule has 1 atom stereocenters. The van der Waals surface area contributed by atoms with Crippen LogP contribution in [0.15, 0.2) is 29.9 Å². The number of halogens is 1. The summed E-state index contributed by atoms with van der Waals surface area (Å²) in [6.07, 6.45) is 7.71. The number of hydrogen-bond acceptors (Lipinski definition) is 9. The summed E-state index contributed by atoms with van der Waals surface area (Å²) in [4.78, 5) is 23.0. The summed E-state index contributed by atoms with van der Waals surface area (Å²) >= 11 is 1.51. The van der Waals surface area contributed by atoms with Crippen LogP contribution in [0.25, 0.3) is 32.4 Å². The van der Waals surface area contributed by atoms with Gasteiger partial charge >= 0.3 is 6.01 Å². The second kappa shape index (κ2) is 9.07. The Kier molecular flexibility index (Phi) is 5.75. The van der Waals surface area contributed by atoms with Crippen molar-refractivity contribution in [2.24, 2.45) is 0 Å². The van der Waals surface area contributed by atoms with Crippen molar-refractivity contribution in [3.8, 4) is 17.3 Å². The molecule has 7 rings (SSSR count). The second-order valence-electron chi connectivity index (χ2n) is 11.2. The summed E-state index contributed by atoms with van der Waals surface area (Å²) in [5, 5.41) is 11.3. The highest BCUT2D eigenvalue weighted by atomic mass is 32.1. The maximum absolute atomic E-state index is 16.3. The van der Waals surface area contributed by atoms with E-state index in [9.17, 15) is 5.11 Å². The maximum Gasteiger partial charge on any atom is 0.319 e. The van der Waals surface area contributed by atoms with Crippen LogP contribution in [0.5, 0.6) is 6.01 Å². The van der Waals surface area contributed by atoms with Crippen LogP contribution in [0.2, 0.25) is 0 Å². The van der Waals surface area contributed by atoms with Gasteiger partial charge in [-0.25, -0.2) is 9.37 Å². The van der Waals surface area contributed by atoms with Crippen LogP contribution in [0, 0.1) is 5.82 Å². The van der Waals surface area contributed by atoms with E-state index in [1.165, 1.54) is 24.2 Å². The highest BCUT2D eigenvalue weighted by Gasteiger charge is 2.45. The molecule has 3 fully saturated rings. The average Bonchev–Trinajstić information content (AvgIpc) is 3.63. The predicted molar refractivity (Wildman–Crippen MR) is 146 cm³/mol. The fourth-order valence-electron chi connectivity index (χ4n) is 6.65. The van der Waals surface area contributed by atoms with Gasteiger partial charge in [0.1, 0.15) is 23.6 Å². The molecule has 1 N–H and O–H groups in total. The van der Waals surface area contributed by atoms with Gasteiger partial charge in [0, 0.05) is 24.8 Å². The normalized spacial score (nSPS) is 23.4. The largest absolute Gasteiger partial charge is 0.461 e. The SMILES string of the molecule is CC1(O)CCCN(c2nc(OCC34CCCN3CCC4)nc3c(F)c(-c4cccc5scnc45)ncc23)C1. The van der Waals surface area contributed by atoms with E-state index in [1.807, 2.05) is 30.0 Å². The highest BCUT2D eigenvalue weighted by Crippen LogP contribution is 2.40. The quantitative estimate of drug-likeness (QED) is 0.391. The first-order chi connectivity index (χ1) is 18.4. The number of ether oxygens (including phenoxy) is 1. The Morgan fingerprint density at radius 3 is 2.68 bits per heavy atom.